The first-order valence-corrected chi connectivity index (χ1v) is 20.1. The Labute approximate surface area is 319 Å². The van der Waals surface area contributed by atoms with Crippen LogP contribution in [-0.2, 0) is 0 Å². The van der Waals surface area contributed by atoms with Crippen LogP contribution in [0.1, 0.15) is 0 Å². The molecule has 0 bridgehead atoms. The summed E-state index contributed by atoms with van der Waals surface area (Å²) in [5.74, 6) is 0. The van der Waals surface area contributed by atoms with Crippen LogP contribution in [0.15, 0.2) is 182 Å². The Morgan fingerprint density at radius 2 is 0.778 bits per heavy atom. The van der Waals surface area contributed by atoms with Crippen LogP contribution in [0.4, 0.5) is 0 Å². The Hall–Kier alpha value is -6.32. The van der Waals surface area contributed by atoms with Crippen molar-refractivity contribution in [3.05, 3.63) is 182 Å². The molecule has 0 fully saturated rings. The lowest BCUT2D eigenvalue weighted by Crippen LogP contribution is -1.92. The Bertz CT molecular complexity index is 3430. The average molecular weight is 719 g/mol. The van der Waals surface area contributed by atoms with Crippen molar-refractivity contribution in [1.29, 1.82) is 0 Å². The zero-order valence-electron chi connectivity index (χ0n) is 29.1. The van der Waals surface area contributed by atoms with Gasteiger partial charge in [0.2, 0.25) is 0 Å². The summed E-state index contributed by atoms with van der Waals surface area (Å²) in [5.41, 5.74) is 7.61. The number of hydrogen-bond donors (Lipinski definition) is 0. The molecule has 12 aromatic rings. The van der Waals surface area contributed by atoms with Crippen LogP contribution in [0.2, 0.25) is 0 Å². The largest absolute Gasteiger partial charge is 0.134 e. The number of fused-ring (bicyclic) bond motifs is 12. The van der Waals surface area contributed by atoms with E-state index in [4.69, 9.17) is 0 Å². The molecule has 0 saturated heterocycles. The molecular formula is C52H30S2. The molecule has 0 nitrogen and oxygen atoms in total. The van der Waals surface area contributed by atoms with Gasteiger partial charge in [-0.3, -0.25) is 0 Å². The molecule has 2 heterocycles. The molecule has 10 aromatic carbocycles. The van der Waals surface area contributed by atoms with Crippen molar-refractivity contribution < 1.29 is 0 Å². The Morgan fingerprint density at radius 1 is 0.278 bits per heavy atom. The van der Waals surface area contributed by atoms with E-state index >= 15 is 0 Å². The summed E-state index contributed by atoms with van der Waals surface area (Å²) in [6.45, 7) is 0. The summed E-state index contributed by atoms with van der Waals surface area (Å²) in [6.07, 6.45) is 0. The molecule has 0 radical (unpaired) electrons. The monoisotopic (exact) mass is 718 g/mol. The van der Waals surface area contributed by atoms with Gasteiger partial charge in [0.05, 0.1) is 0 Å². The third-order valence-electron chi connectivity index (χ3n) is 11.5. The molecule has 0 saturated carbocycles. The molecule has 0 aliphatic carbocycles. The highest BCUT2D eigenvalue weighted by Gasteiger charge is 2.20. The van der Waals surface area contributed by atoms with Crippen molar-refractivity contribution in [2.75, 3.05) is 0 Å². The van der Waals surface area contributed by atoms with Gasteiger partial charge >= 0.3 is 0 Å². The van der Waals surface area contributed by atoms with E-state index in [0.29, 0.717) is 0 Å². The van der Waals surface area contributed by atoms with E-state index < -0.39 is 0 Å². The molecule has 0 atom stereocenters. The third-order valence-corrected chi connectivity index (χ3v) is 13.9. The molecule has 12 rings (SSSR count). The summed E-state index contributed by atoms with van der Waals surface area (Å²) in [4.78, 5) is 0. The highest BCUT2D eigenvalue weighted by Crippen LogP contribution is 2.49. The normalized spacial score (nSPS) is 12.1. The molecule has 2 heteroatoms. The highest BCUT2D eigenvalue weighted by molar-refractivity contribution is 7.29. The SMILES string of the molecule is c1ccc(-c2ccc(-c3c4ccccc4c(-c4ccc5sc6c(ccc7ccc8c9ccccc9sc8c76)c5c4)c4ccccc34)c3ccccc23)cc1. The second kappa shape index (κ2) is 11.6. The van der Waals surface area contributed by atoms with Crippen molar-refractivity contribution in [2.45, 2.75) is 0 Å². The van der Waals surface area contributed by atoms with Gasteiger partial charge in [-0.1, -0.05) is 164 Å². The van der Waals surface area contributed by atoms with Crippen molar-refractivity contribution in [2.24, 2.45) is 0 Å². The minimum absolute atomic E-state index is 1.24. The van der Waals surface area contributed by atoms with Crippen LogP contribution in [0.3, 0.4) is 0 Å². The predicted octanol–water partition coefficient (Wildman–Crippen LogP) is 16.0. The van der Waals surface area contributed by atoms with E-state index in [1.165, 1.54) is 117 Å². The molecule has 0 unspecified atom stereocenters. The third kappa shape index (κ3) is 4.30. The minimum atomic E-state index is 1.24. The van der Waals surface area contributed by atoms with Gasteiger partial charge in [0.1, 0.15) is 0 Å². The fraction of sp³-hybridized carbons (Fsp3) is 0. The fourth-order valence-electron chi connectivity index (χ4n) is 9.09. The van der Waals surface area contributed by atoms with Gasteiger partial charge in [-0.05, 0) is 89.3 Å². The van der Waals surface area contributed by atoms with Gasteiger partial charge < -0.3 is 0 Å². The number of thiophene rings is 2. The summed E-state index contributed by atoms with van der Waals surface area (Å²) in [7, 11) is 0. The molecule has 2 aromatic heterocycles. The van der Waals surface area contributed by atoms with Gasteiger partial charge in [-0.25, -0.2) is 0 Å². The van der Waals surface area contributed by atoms with E-state index in [0.717, 1.165) is 0 Å². The van der Waals surface area contributed by atoms with Crippen LogP contribution in [0.5, 0.6) is 0 Å². The van der Waals surface area contributed by atoms with Crippen LogP contribution in [-0.4, -0.2) is 0 Å². The smallest absolute Gasteiger partial charge is 0.0448 e. The molecule has 54 heavy (non-hydrogen) atoms. The van der Waals surface area contributed by atoms with E-state index in [9.17, 15) is 0 Å². The first-order valence-electron chi connectivity index (χ1n) is 18.5. The molecule has 0 amide bonds. The first kappa shape index (κ1) is 30.2. The first-order chi connectivity index (χ1) is 26.8. The average Bonchev–Trinajstić information content (AvgIpc) is 3.81. The zero-order valence-corrected chi connectivity index (χ0v) is 30.8. The van der Waals surface area contributed by atoms with Crippen molar-refractivity contribution in [3.8, 4) is 33.4 Å². The second-order valence-electron chi connectivity index (χ2n) is 14.3. The topological polar surface area (TPSA) is 0 Å². The van der Waals surface area contributed by atoms with E-state index in [1.807, 2.05) is 22.7 Å². The minimum Gasteiger partial charge on any atom is -0.134 e. The Kier molecular flexibility index (Phi) is 6.48. The summed E-state index contributed by atoms with van der Waals surface area (Å²) in [6, 6.07) is 67.7. The quantitative estimate of drug-likeness (QED) is 0.160. The van der Waals surface area contributed by atoms with Gasteiger partial charge in [0.15, 0.2) is 0 Å². The van der Waals surface area contributed by atoms with Crippen LogP contribution < -0.4 is 0 Å². The summed E-state index contributed by atoms with van der Waals surface area (Å²) in [5, 5.41) is 15.7. The maximum absolute atomic E-state index is 2.46. The number of hydrogen-bond acceptors (Lipinski definition) is 2. The lowest BCUT2D eigenvalue weighted by atomic mass is 9.83. The van der Waals surface area contributed by atoms with Crippen molar-refractivity contribution in [1.82, 2.24) is 0 Å². The van der Waals surface area contributed by atoms with Gasteiger partial charge in [0.25, 0.3) is 0 Å². The summed E-state index contributed by atoms with van der Waals surface area (Å²) < 4.78 is 5.45. The maximum Gasteiger partial charge on any atom is 0.0448 e. The number of benzene rings is 10. The molecule has 0 N–H and O–H groups in total. The van der Waals surface area contributed by atoms with Crippen molar-refractivity contribution >= 4 is 106 Å². The Balaban J connectivity index is 1.12. The molecule has 0 aliphatic rings. The van der Waals surface area contributed by atoms with Gasteiger partial charge in [-0.15, -0.1) is 22.7 Å². The van der Waals surface area contributed by atoms with Crippen LogP contribution in [0.25, 0.3) is 117 Å². The molecule has 0 aliphatic heterocycles. The Morgan fingerprint density at radius 3 is 1.44 bits per heavy atom. The molecule has 250 valence electrons. The lowest BCUT2D eigenvalue weighted by molar-refractivity contribution is 1.64. The fourth-order valence-corrected chi connectivity index (χ4v) is 11.7. The predicted molar refractivity (Wildman–Crippen MR) is 239 cm³/mol. The van der Waals surface area contributed by atoms with Gasteiger partial charge in [-0.2, -0.15) is 0 Å². The zero-order chi connectivity index (χ0) is 35.3. The van der Waals surface area contributed by atoms with Crippen molar-refractivity contribution in [3.63, 3.8) is 0 Å². The highest BCUT2D eigenvalue weighted by atomic mass is 32.1. The maximum atomic E-state index is 2.46. The second-order valence-corrected chi connectivity index (χ2v) is 16.4. The van der Waals surface area contributed by atoms with Gasteiger partial charge in [0, 0.05) is 45.7 Å². The lowest BCUT2D eigenvalue weighted by Gasteiger charge is -2.19. The van der Waals surface area contributed by atoms with Crippen LogP contribution >= 0.6 is 22.7 Å². The van der Waals surface area contributed by atoms with Crippen LogP contribution in [0, 0.1) is 0 Å². The summed E-state index contributed by atoms with van der Waals surface area (Å²) >= 11 is 3.86. The number of rotatable bonds is 3. The van der Waals surface area contributed by atoms with E-state index in [-0.39, 0.29) is 0 Å². The van der Waals surface area contributed by atoms with E-state index in [1.54, 1.807) is 0 Å². The van der Waals surface area contributed by atoms with E-state index in [2.05, 4.69) is 182 Å². The molecular weight excluding hydrogens is 689 g/mol. The standard InChI is InChI=1S/C52H30S2/c1-2-12-31(13-3-1)34-27-28-42(36-15-5-4-14-35(34)36)50-40-19-8-6-17-38(40)48(39-18-7-9-20-41(39)50)33-24-29-47-45(30-33)44-26-23-32-22-25-43-37-16-10-11-21-46(37)53-51(43)49(32)52(44)54-47/h1-30H. The molecule has 0 spiro atoms.